The van der Waals surface area contributed by atoms with Gasteiger partial charge in [0.25, 0.3) is 0 Å². The first-order valence-corrected chi connectivity index (χ1v) is 32.2. The number of hydrogen-bond donors (Lipinski definition) is 0. The van der Waals surface area contributed by atoms with Gasteiger partial charge < -0.3 is 14.2 Å². The maximum atomic E-state index is 14.8. The lowest BCUT2D eigenvalue weighted by atomic mass is 10.0. The highest BCUT2D eigenvalue weighted by molar-refractivity contribution is 7.48. The van der Waals surface area contributed by atoms with Crippen LogP contribution in [0.5, 0.6) is 0 Å². The molecule has 0 radical (unpaired) electrons. The van der Waals surface area contributed by atoms with E-state index in [2.05, 4.69) is 41.5 Å². The SMILES string of the molecule is CCCCCCCCCCCCCCC(CCC)OC(C)OP(=O)(OC(C)OC(CCC)CCCCCCCCCCCCCC)OC(C)OC(CCC)CCCCCCCCCCCCCC. The van der Waals surface area contributed by atoms with Crippen molar-refractivity contribution in [1.82, 2.24) is 0 Å². The minimum Gasteiger partial charge on any atom is -0.349 e. The Bertz CT molecular complexity index is 906. The zero-order chi connectivity index (χ0) is 50.0. The van der Waals surface area contributed by atoms with Crippen LogP contribution in [0.4, 0.5) is 0 Å². The van der Waals surface area contributed by atoms with E-state index in [1.807, 2.05) is 20.8 Å². The normalized spacial score (nSPS) is 15.6. The molecule has 0 heterocycles. The predicted octanol–water partition coefficient (Wildman–Crippen LogP) is 22.0. The maximum Gasteiger partial charge on any atom is 0.481 e. The van der Waals surface area contributed by atoms with Gasteiger partial charge in [0, 0.05) is 0 Å². The molecule has 0 amide bonds. The monoisotopic (exact) mass is 987 g/mol. The molecule has 0 spiro atoms. The third-order valence-electron chi connectivity index (χ3n) is 14.0. The van der Waals surface area contributed by atoms with Gasteiger partial charge in [0.05, 0.1) is 18.3 Å². The van der Waals surface area contributed by atoms with Gasteiger partial charge in [-0.3, -0.25) is 13.6 Å². The summed E-state index contributed by atoms with van der Waals surface area (Å²) in [6.07, 6.45) is 54.5. The smallest absolute Gasteiger partial charge is 0.349 e. The highest BCUT2D eigenvalue weighted by Gasteiger charge is 2.37. The molecule has 410 valence electrons. The quantitative estimate of drug-likeness (QED) is 0.0341. The van der Waals surface area contributed by atoms with Crippen LogP contribution in [0.2, 0.25) is 0 Å². The van der Waals surface area contributed by atoms with Gasteiger partial charge >= 0.3 is 7.82 Å². The van der Waals surface area contributed by atoms with Crippen LogP contribution >= 0.6 is 7.82 Å². The summed E-state index contributed by atoms with van der Waals surface area (Å²) in [5.74, 6) is 0. The molecule has 0 saturated carbocycles. The molecular formula is C60H123O7P. The minimum absolute atomic E-state index is 0.0304. The van der Waals surface area contributed by atoms with Gasteiger partial charge in [0.2, 0.25) is 0 Å². The van der Waals surface area contributed by atoms with Crippen molar-refractivity contribution in [3.8, 4) is 0 Å². The van der Waals surface area contributed by atoms with Crippen molar-refractivity contribution in [3.63, 3.8) is 0 Å². The van der Waals surface area contributed by atoms with E-state index in [-0.39, 0.29) is 18.3 Å². The van der Waals surface area contributed by atoms with E-state index in [9.17, 15) is 4.57 Å². The molecule has 0 aliphatic rings. The van der Waals surface area contributed by atoms with Gasteiger partial charge in [0.1, 0.15) is 0 Å². The highest BCUT2D eigenvalue weighted by atomic mass is 31.2. The van der Waals surface area contributed by atoms with E-state index in [0.29, 0.717) is 0 Å². The summed E-state index contributed by atoms with van der Waals surface area (Å²) in [5.41, 5.74) is 0. The van der Waals surface area contributed by atoms with Gasteiger partial charge in [-0.2, -0.15) is 0 Å². The minimum atomic E-state index is -4.16. The fourth-order valence-corrected chi connectivity index (χ4v) is 11.3. The second-order valence-electron chi connectivity index (χ2n) is 21.1. The summed E-state index contributed by atoms with van der Waals surface area (Å²) in [5, 5.41) is 0. The number of ether oxygens (including phenoxy) is 3. The van der Waals surface area contributed by atoms with Crippen molar-refractivity contribution in [2.75, 3.05) is 0 Å². The molecule has 0 N–H and O–H groups in total. The number of phosphoric ester groups is 1. The lowest BCUT2D eigenvalue weighted by Crippen LogP contribution is -2.28. The molecule has 0 aromatic carbocycles. The van der Waals surface area contributed by atoms with Crippen molar-refractivity contribution < 1.29 is 32.3 Å². The Labute approximate surface area is 427 Å². The molecule has 68 heavy (non-hydrogen) atoms. The summed E-state index contributed by atoms with van der Waals surface area (Å²) >= 11 is 0. The average Bonchev–Trinajstić information content (AvgIpc) is 3.29. The van der Waals surface area contributed by atoms with Crippen LogP contribution in [0.15, 0.2) is 0 Å². The van der Waals surface area contributed by atoms with Gasteiger partial charge in [-0.15, -0.1) is 0 Å². The number of phosphoric acid groups is 1. The predicted molar refractivity (Wildman–Crippen MR) is 296 cm³/mol. The lowest BCUT2D eigenvalue weighted by molar-refractivity contribution is -0.178. The molecule has 0 fully saturated rings. The third kappa shape index (κ3) is 45.8. The Morgan fingerprint density at radius 2 is 0.426 bits per heavy atom. The Balaban J connectivity index is 5.34. The van der Waals surface area contributed by atoms with Crippen LogP contribution in [0.1, 0.15) is 351 Å². The van der Waals surface area contributed by atoms with Gasteiger partial charge in [-0.1, -0.05) is 292 Å². The molecule has 8 heteroatoms. The fourth-order valence-electron chi connectivity index (χ4n) is 9.95. The number of hydrogen-bond acceptors (Lipinski definition) is 7. The fraction of sp³-hybridized carbons (Fsp3) is 1.00. The van der Waals surface area contributed by atoms with Crippen LogP contribution in [0, 0.1) is 0 Å². The summed E-state index contributed by atoms with van der Waals surface area (Å²) < 4.78 is 53.0. The third-order valence-corrected chi connectivity index (χ3v) is 15.6. The molecule has 0 aromatic heterocycles. The number of unbranched alkanes of at least 4 members (excludes halogenated alkanes) is 33. The summed E-state index contributed by atoms with van der Waals surface area (Å²) in [6.45, 7) is 19.0. The van der Waals surface area contributed by atoms with Gasteiger partial charge in [-0.25, -0.2) is 4.57 Å². The first-order valence-electron chi connectivity index (χ1n) is 30.8. The first-order chi connectivity index (χ1) is 33.2. The lowest BCUT2D eigenvalue weighted by Gasteiger charge is -2.31. The van der Waals surface area contributed by atoms with Crippen molar-refractivity contribution in [1.29, 1.82) is 0 Å². The molecule has 0 rings (SSSR count). The summed E-state index contributed by atoms with van der Waals surface area (Å²) in [7, 11) is -4.16. The Morgan fingerprint density at radius 1 is 0.250 bits per heavy atom. The van der Waals surface area contributed by atoms with Gasteiger partial charge in [-0.05, 0) is 59.3 Å². The van der Waals surface area contributed by atoms with E-state index in [1.54, 1.807) is 0 Å². The Hall–Kier alpha value is -0.0100. The number of rotatable bonds is 57. The zero-order valence-corrected chi connectivity index (χ0v) is 48.5. The second kappa shape index (κ2) is 51.9. The van der Waals surface area contributed by atoms with Crippen LogP contribution < -0.4 is 0 Å². The van der Waals surface area contributed by atoms with Crippen molar-refractivity contribution in [2.24, 2.45) is 0 Å². The van der Waals surface area contributed by atoms with E-state index in [0.717, 1.165) is 77.0 Å². The summed E-state index contributed by atoms with van der Waals surface area (Å²) in [6, 6.07) is 0. The molecule has 0 aliphatic heterocycles. The Morgan fingerprint density at radius 3 is 0.603 bits per heavy atom. The largest absolute Gasteiger partial charge is 0.481 e. The maximum absolute atomic E-state index is 14.8. The highest BCUT2D eigenvalue weighted by Crippen LogP contribution is 2.53. The van der Waals surface area contributed by atoms with Crippen molar-refractivity contribution >= 4 is 7.82 Å². The molecule has 7 nitrogen and oxygen atoms in total. The molecule has 0 bridgehead atoms. The van der Waals surface area contributed by atoms with Crippen molar-refractivity contribution in [2.45, 2.75) is 388 Å². The molecule has 0 saturated heterocycles. The molecule has 0 aromatic rings. The molecular weight excluding hydrogens is 864 g/mol. The topological polar surface area (TPSA) is 72.5 Å². The standard InChI is InChI=1S/C60H123O7P/c1-10-16-19-22-25-28-31-34-37-40-43-46-52-58(49-13-4)62-55(7)65-68(61,66-56(8)63-59(50-14-5)53-47-44-41-38-35-32-29-26-23-20-17-11-2)67-57(9)64-60(51-15-6)54-48-45-42-39-36-33-30-27-24-21-18-12-3/h55-60H,10-54H2,1-9H3. The first kappa shape index (κ1) is 68.0. The zero-order valence-electron chi connectivity index (χ0n) is 47.6. The molecule has 6 unspecified atom stereocenters. The average molecular weight is 988 g/mol. The van der Waals surface area contributed by atoms with Crippen LogP contribution in [0.3, 0.4) is 0 Å². The van der Waals surface area contributed by atoms with E-state index >= 15 is 0 Å². The van der Waals surface area contributed by atoms with E-state index in [1.165, 1.54) is 212 Å². The van der Waals surface area contributed by atoms with E-state index in [4.69, 9.17) is 27.8 Å². The van der Waals surface area contributed by atoms with Crippen molar-refractivity contribution in [3.05, 3.63) is 0 Å². The van der Waals surface area contributed by atoms with E-state index < -0.39 is 26.7 Å². The Kier molecular flexibility index (Phi) is 51.9. The van der Waals surface area contributed by atoms with Crippen LogP contribution in [-0.4, -0.2) is 37.2 Å². The van der Waals surface area contributed by atoms with Crippen LogP contribution in [-0.2, 0) is 32.3 Å². The second-order valence-corrected chi connectivity index (χ2v) is 22.7. The molecule has 6 atom stereocenters. The van der Waals surface area contributed by atoms with Crippen LogP contribution in [0.25, 0.3) is 0 Å². The molecule has 0 aliphatic carbocycles. The van der Waals surface area contributed by atoms with Gasteiger partial charge in [0.15, 0.2) is 18.9 Å². The summed E-state index contributed by atoms with van der Waals surface area (Å²) in [4.78, 5) is 0.